The number of carboxylic acids is 1. The highest BCUT2D eigenvalue weighted by atomic mass is 16.5. The number of ether oxygens (including phenoxy) is 1. The second-order valence-corrected chi connectivity index (χ2v) is 6.37. The number of carboxylic acid groups (broad SMARTS) is 1. The number of hydrogen-bond acceptors (Lipinski definition) is 3. The van der Waals surface area contributed by atoms with Gasteiger partial charge in [-0.05, 0) is 51.9 Å². The van der Waals surface area contributed by atoms with Gasteiger partial charge in [0.05, 0.1) is 12.2 Å². The van der Waals surface area contributed by atoms with Crippen molar-refractivity contribution in [3.05, 3.63) is 0 Å². The molecule has 1 atom stereocenters. The van der Waals surface area contributed by atoms with Crippen molar-refractivity contribution >= 4 is 5.97 Å². The van der Waals surface area contributed by atoms with Crippen LogP contribution in [0.5, 0.6) is 0 Å². The fourth-order valence-corrected chi connectivity index (χ4v) is 2.15. The first-order valence-corrected chi connectivity index (χ1v) is 7.05. The molecule has 2 rings (SSSR count). The molecule has 0 aromatic heterocycles. The van der Waals surface area contributed by atoms with Crippen LogP contribution >= 0.6 is 0 Å². The average molecular weight is 255 g/mol. The molecule has 0 aliphatic heterocycles. The van der Waals surface area contributed by atoms with Crippen LogP contribution in [0.15, 0.2) is 0 Å². The number of nitrogens with one attached hydrogen (secondary N) is 1. The maximum Gasteiger partial charge on any atom is 0.326 e. The van der Waals surface area contributed by atoms with Gasteiger partial charge in [0, 0.05) is 6.04 Å². The van der Waals surface area contributed by atoms with Gasteiger partial charge >= 0.3 is 5.97 Å². The van der Waals surface area contributed by atoms with E-state index in [4.69, 9.17) is 4.74 Å². The molecule has 0 amide bonds. The summed E-state index contributed by atoms with van der Waals surface area (Å²) in [7, 11) is 0. The first-order chi connectivity index (χ1) is 8.39. The molecule has 0 heterocycles. The molecule has 4 nitrogen and oxygen atoms in total. The Morgan fingerprint density at radius 2 is 1.94 bits per heavy atom. The summed E-state index contributed by atoms with van der Waals surface area (Å²) in [6.45, 7) is 6.38. The van der Waals surface area contributed by atoms with Crippen molar-refractivity contribution in [1.29, 1.82) is 0 Å². The molecular formula is C14H25NO3. The molecule has 0 saturated heterocycles. The van der Waals surface area contributed by atoms with Crippen molar-refractivity contribution in [3.8, 4) is 0 Å². The van der Waals surface area contributed by atoms with Crippen molar-refractivity contribution in [2.45, 2.75) is 70.1 Å². The van der Waals surface area contributed by atoms with Crippen molar-refractivity contribution in [3.63, 3.8) is 0 Å². The van der Waals surface area contributed by atoms with E-state index in [0.717, 1.165) is 32.1 Å². The summed E-state index contributed by atoms with van der Waals surface area (Å²) >= 11 is 0. The lowest BCUT2D eigenvalue weighted by atomic mass is 9.93. The van der Waals surface area contributed by atoms with Crippen molar-refractivity contribution in [1.82, 2.24) is 5.32 Å². The Morgan fingerprint density at radius 1 is 1.33 bits per heavy atom. The summed E-state index contributed by atoms with van der Waals surface area (Å²) < 4.78 is 5.89. The summed E-state index contributed by atoms with van der Waals surface area (Å²) in [5.41, 5.74) is -1.10. The first-order valence-electron chi connectivity index (χ1n) is 7.05. The summed E-state index contributed by atoms with van der Waals surface area (Å²) in [5.74, 6) is -0.507. The predicted octanol–water partition coefficient (Wildman–Crippen LogP) is 2.18. The third-order valence-electron chi connectivity index (χ3n) is 4.24. The first kappa shape index (κ1) is 13.8. The van der Waals surface area contributed by atoms with E-state index in [-0.39, 0.29) is 18.1 Å². The molecule has 18 heavy (non-hydrogen) atoms. The van der Waals surface area contributed by atoms with Crippen LogP contribution in [0.1, 0.15) is 52.9 Å². The lowest BCUT2D eigenvalue weighted by Gasteiger charge is -2.35. The van der Waals surface area contributed by atoms with Crippen molar-refractivity contribution in [2.75, 3.05) is 6.61 Å². The summed E-state index contributed by atoms with van der Waals surface area (Å²) in [6.07, 6.45) is 5.08. The van der Waals surface area contributed by atoms with E-state index in [0.29, 0.717) is 6.04 Å². The zero-order valence-electron chi connectivity index (χ0n) is 11.7. The maximum absolute atomic E-state index is 11.7. The van der Waals surface area contributed by atoms with Crippen LogP contribution < -0.4 is 5.32 Å². The van der Waals surface area contributed by atoms with Crippen molar-refractivity contribution < 1.29 is 14.6 Å². The van der Waals surface area contributed by atoms with E-state index in [1.54, 1.807) is 0 Å². The second kappa shape index (κ2) is 4.82. The van der Waals surface area contributed by atoms with Gasteiger partial charge in [-0.15, -0.1) is 0 Å². The standard InChI is InChI=1S/C14H25NO3/c1-4-13(2,3)18-9-14(12(16)17,10-5-6-10)15-11-7-8-11/h10-11,15H,4-9H2,1-3H3,(H,16,17). The summed E-state index contributed by atoms with van der Waals surface area (Å²) in [6, 6.07) is 0.384. The normalized spacial score (nSPS) is 23.7. The summed E-state index contributed by atoms with van der Waals surface area (Å²) in [4.78, 5) is 11.7. The van der Waals surface area contributed by atoms with Gasteiger partial charge in [0.1, 0.15) is 5.54 Å². The van der Waals surface area contributed by atoms with Gasteiger partial charge in [-0.2, -0.15) is 0 Å². The van der Waals surface area contributed by atoms with E-state index in [1.807, 2.05) is 13.8 Å². The van der Waals surface area contributed by atoms with Gasteiger partial charge < -0.3 is 9.84 Å². The van der Waals surface area contributed by atoms with Crippen LogP contribution in [0, 0.1) is 5.92 Å². The highest BCUT2D eigenvalue weighted by Crippen LogP contribution is 2.42. The molecule has 2 aliphatic rings. The number of hydrogen-bond donors (Lipinski definition) is 2. The largest absolute Gasteiger partial charge is 0.480 e. The van der Waals surface area contributed by atoms with E-state index >= 15 is 0 Å². The molecule has 1 unspecified atom stereocenters. The Balaban J connectivity index is 2.05. The van der Waals surface area contributed by atoms with Gasteiger partial charge in [0.15, 0.2) is 0 Å². The number of carbonyl (C=O) groups is 1. The molecule has 0 bridgehead atoms. The number of rotatable bonds is 8. The lowest BCUT2D eigenvalue weighted by Crippen LogP contribution is -2.59. The van der Waals surface area contributed by atoms with Gasteiger partial charge in [-0.25, -0.2) is 0 Å². The van der Waals surface area contributed by atoms with E-state index in [2.05, 4.69) is 12.2 Å². The Kier molecular flexibility index (Phi) is 3.70. The van der Waals surface area contributed by atoms with Gasteiger partial charge in [-0.1, -0.05) is 6.92 Å². The molecule has 2 saturated carbocycles. The van der Waals surface area contributed by atoms with Gasteiger partial charge in [0.25, 0.3) is 0 Å². The molecule has 2 aliphatic carbocycles. The van der Waals surface area contributed by atoms with E-state index in [1.165, 1.54) is 0 Å². The Hall–Kier alpha value is -0.610. The fourth-order valence-electron chi connectivity index (χ4n) is 2.15. The topological polar surface area (TPSA) is 58.6 Å². The number of aliphatic carboxylic acids is 1. The average Bonchev–Trinajstić information content (AvgIpc) is 3.14. The van der Waals surface area contributed by atoms with Crippen LogP contribution in [0.3, 0.4) is 0 Å². The van der Waals surface area contributed by atoms with Crippen LogP contribution in [0.4, 0.5) is 0 Å². The molecule has 0 aromatic carbocycles. The minimum Gasteiger partial charge on any atom is -0.480 e. The highest BCUT2D eigenvalue weighted by Gasteiger charge is 2.54. The SMILES string of the molecule is CCC(C)(C)OCC(NC1CC1)(C(=O)O)C1CC1. The Morgan fingerprint density at radius 3 is 2.33 bits per heavy atom. The zero-order valence-corrected chi connectivity index (χ0v) is 11.7. The third-order valence-corrected chi connectivity index (χ3v) is 4.24. The summed E-state index contributed by atoms with van der Waals surface area (Å²) in [5, 5.41) is 13.0. The minimum atomic E-state index is -0.854. The van der Waals surface area contributed by atoms with Gasteiger partial charge in [0.2, 0.25) is 0 Å². The smallest absolute Gasteiger partial charge is 0.326 e. The molecule has 104 valence electrons. The van der Waals surface area contributed by atoms with Crippen LogP contribution in [-0.4, -0.2) is 34.9 Å². The molecule has 0 spiro atoms. The van der Waals surface area contributed by atoms with E-state index < -0.39 is 11.5 Å². The molecular weight excluding hydrogens is 230 g/mol. The van der Waals surface area contributed by atoms with Gasteiger partial charge in [-0.3, -0.25) is 10.1 Å². The molecule has 0 aromatic rings. The zero-order chi connectivity index (χ0) is 13.4. The van der Waals surface area contributed by atoms with Crippen LogP contribution in [0.2, 0.25) is 0 Å². The van der Waals surface area contributed by atoms with Crippen molar-refractivity contribution in [2.24, 2.45) is 5.92 Å². The minimum absolute atomic E-state index is 0.239. The molecule has 0 radical (unpaired) electrons. The highest BCUT2D eigenvalue weighted by molar-refractivity contribution is 5.80. The molecule has 2 N–H and O–H groups in total. The third kappa shape index (κ3) is 3.04. The molecule has 4 heteroatoms. The monoisotopic (exact) mass is 255 g/mol. The Bertz CT molecular complexity index is 321. The van der Waals surface area contributed by atoms with E-state index in [9.17, 15) is 9.90 Å². The predicted molar refractivity (Wildman–Crippen MR) is 69.6 cm³/mol. The van der Waals surface area contributed by atoms with Crippen LogP contribution in [-0.2, 0) is 9.53 Å². The second-order valence-electron chi connectivity index (χ2n) is 6.37. The molecule has 2 fully saturated rings. The maximum atomic E-state index is 11.7. The Labute approximate surface area is 109 Å². The quantitative estimate of drug-likeness (QED) is 0.698. The lowest BCUT2D eigenvalue weighted by molar-refractivity contribution is -0.153. The fraction of sp³-hybridized carbons (Fsp3) is 0.929. The van der Waals surface area contributed by atoms with Crippen LogP contribution in [0.25, 0.3) is 0 Å².